The molecule has 4 heterocycles. The van der Waals surface area contributed by atoms with Crippen molar-refractivity contribution >= 4 is 17.7 Å². The van der Waals surface area contributed by atoms with Crippen LogP contribution in [0.4, 0.5) is 10.6 Å². The lowest BCUT2D eigenvalue weighted by Crippen LogP contribution is -2.38. The van der Waals surface area contributed by atoms with E-state index in [0.29, 0.717) is 18.9 Å². The molecule has 2 aliphatic heterocycles. The zero-order valence-corrected chi connectivity index (χ0v) is 13.6. The molecule has 0 aliphatic carbocycles. The van der Waals surface area contributed by atoms with Crippen LogP contribution in [-0.2, 0) is 17.8 Å². The van der Waals surface area contributed by atoms with Crippen molar-refractivity contribution in [1.82, 2.24) is 24.5 Å². The van der Waals surface area contributed by atoms with Crippen LogP contribution in [0.2, 0.25) is 0 Å². The smallest absolute Gasteiger partial charge is 0.410 e. The fourth-order valence-electron chi connectivity index (χ4n) is 2.94. The van der Waals surface area contributed by atoms with Gasteiger partial charge in [0.05, 0.1) is 18.8 Å². The van der Waals surface area contributed by atoms with Gasteiger partial charge in [-0.05, 0) is 27.2 Å². The molecule has 1 saturated heterocycles. The molecule has 0 atom stereocenters. The number of hydrogen-bond acceptors (Lipinski definition) is 6. The van der Waals surface area contributed by atoms with Crippen molar-refractivity contribution in [2.24, 2.45) is 0 Å². The fourth-order valence-corrected chi connectivity index (χ4v) is 2.94. The highest BCUT2D eigenvalue weighted by atomic mass is 16.6. The predicted octanol–water partition coefficient (Wildman–Crippen LogP) is 1.59. The largest absolute Gasteiger partial charge is 0.444 e. The van der Waals surface area contributed by atoms with Gasteiger partial charge in [0.2, 0.25) is 0 Å². The van der Waals surface area contributed by atoms with E-state index >= 15 is 0 Å². The monoisotopic (exact) mass is 316 g/mol. The standard InChI is InChI=1S/C15H20N6O2/c1-15(2,3)23-14(22)20-7-10-11(8-20)21-9-16-18-13(21)17-12(10)19-5-4-6-19/h9H,4-8H2,1-3H3. The number of aromatic nitrogens is 4. The highest BCUT2D eigenvalue weighted by molar-refractivity contribution is 5.70. The number of nitrogens with zero attached hydrogens (tertiary/aromatic N) is 6. The van der Waals surface area contributed by atoms with Crippen LogP contribution < -0.4 is 4.90 Å². The van der Waals surface area contributed by atoms with Gasteiger partial charge in [-0.25, -0.2) is 4.79 Å². The molecule has 2 aromatic heterocycles. The average molecular weight is 316 g/mol. The van der Waals surface area contributed by atoms with Crippen LogP contribution in [-0.4, -0.2) is 49.3 Å². The van der Waals surface area contributed by atoms with Gasteiger partial charge < -0.3 is 9.64 Å². The molecule has 0 aromatic carbocycles. The van der Waals surface area contributed by atoms with Gasteiger partial charge in [-0.2, -0.15) is 4.98 Å². The van der Waals surface area contributed by atoms with E-state index in [-0.39, 0.29) is 6.09 Å². The van der Waals surface area contributed by atoms with Crippen molar-refractivity contribution in [3.05, 3.63) is 17.6 Å². The summed E-state index contributed by atoms with van der Waals surface area (Å²) in [5.41, 5.74) is 1.59. The van der Waals surface area contributed by atoms with Gasteiger partial charge in [-0.15, -0.1) is 10.2 Å². The summed E-state index contributed by atoms with van der Waals surface area (Å²) in [4.78, 5) is 21.0. The first-order valence-electron chi connectivity index (χ1n) is 7.87. The van der Waals surface area contributed by atoms with E-state index < -0.39 is 5.60 Å². The van der Waals surface area contributed by atoms with Gasteiger partial charge in [0.25, 0.3) is 5.78 Å². The Morgan fingerprint density at radius 2 is 2.04 bits per heavy atom. The Labute approximate surface area is 134 Å². The minimum atomic E-state index is -0.504. The maximum Gasteiger partial charge on any atom is 0.410 e. The number of fused-ring (bicyclic) bond motifs is 3. The Kier molecular flexibility index (Phi) is 2.97. The first-order chi connectivity index (χ1) is 10.9. The zero-order valence-electron chi connectivity index (χ0n) is 13.6. The topological polar surface area (TPSA) is 75.9 Å². The first-order valence-corrected chi connectivity index (χ1v) is 7.87. The van der Waals surface area contributed by atoms with Crippen molar-refractivity contribution in [3.63, 3.8) is 0 Å². The molecule has 8 heteroatoms. The summed E-state index contributed by atoms with van der Waals surface area (Å²) in [5.74, 6) is 1.51. The quantitative estimate of drug-likeness (QED) is 0.795. The van der Waals surface area contributed by atoms with E-state index in [9.17, 15) is 4.79 Å². The van der Waals surface area contributed by atoms with Gasteiger partial charge in [-0.3, -0.25) is 9.30 Å². The minimum Gasteiger partial charge on any atom is -0.444 e. The number of amides is 1. The van der Waals surface area contributed by atoms with E-state index in [0.717, 1.165) is 30.2 Å². The molecule has 1 fully saturated rings. The third-order valence-corrected chi connectivity index (χ3v) is 4.14. The number of rotatable bonds is 1. The van der Waals surface area contributed by atoms with Crippen molar-refractivity contribution in [2.75, 3.05) is 18.0 Å². The summed E-state index contributed by atoms with van der Waals surface area (Å²) < 4.78 is 7.36. The molecular formula is C15H20N6O2. The summed E-state index contributed by atoms with van der Waals surface area (Å²) in [5, 5.41) is 8.02. The van der Waals surface area contributed by atoms with E-state index in [1.165, 1.54) is 6.42 Å². The van der Waals surface area contributed by atoms with Crippen molar-refractivity contribution in [3.8, 4) is 0 Å². The molecule has 4 rings (SSSR count). The average Bonchev–Trinajstić information content (AvgIpc) is 2.99. The van der Waals surface area contributed by atoms with E-state index in [2.05, 4.69) is 20.1 Å². The zero-order chi connectivity index (χ0) is 16.2. The second-order valence-corrected chi connectivity index (χ2v) is 7.04. The highest BCUT2D eigenvalue weighted by Gasteiger charge is 2.34. The fraction of sp³-hybridized carbons (Fsp3) is 0.600. The summed E-state index contributed by atoms with van der Waals surface area (Å²) in [7, 11) is 0. The number of ether oxygens (including phenoxy) is 1. The Hall–Kier alpha value is -2.38. The first kappa shape index (κ1) is 14.2. The molecule has 1 amide bonds. The second kappa shape index (κ2) is 4.81. The molecule has 0 spiro atoms. The maximum absolute atomic E-state index is 12.4. The van der Waals surface area contributed by atoms with E-state index in [4.69, 9.17) is 4.74 Å². The molecule has 0 unspecified atom stereocenters. The highest BCUT2D eigenvalue weighted by Crippen LogP contribution is 2.33. The second-order valence-electron chi connectivity index (χ2n) is 7.04. The molecule has 0 bridgehead atoms. The van der Waals surface area contributed by atoms with Crippen molar-refractivity contribution < 1.29 is 9.53 Å². The lowest BCUT2D eigenvalue weighted by atomic mass is 10.1. The van der Waals surface area contributed by atoms with E-state index in [1.54, 1.807) is 11.2 Å². The maximum atomic E-state index is 12.4. The molecule has 122 valence electrons. The number of hydrogen-bond donors (Lipinski definition) is 0. The Bertz CT molecular complexity index is 774. The lowest BCUT2D eigenvalue weighted by molar-refractivity contribution is 0.0240. The van der Waals surface area contributed by atoms with Crippen LogP contribution in [0.15, 0.2) is 6.33 Å². The molecule has 0 radical (unpaired) electrons. The molecule has 2 aliphatic rings. The van der Waals surface area contributed by atoms with Gasteiger partial charge in [0.15, 0.2) is 0 Å². The predicted molar refractivity (Wildman–Crippen MR) is 83.1 cm³/mol. The summed E-state index contributed by atoms with van der Waals surface area (Å²) in [6.07, 6.45) is 2.52. The van der Waals surface area contributed by atoms with Crippen LogP contribution in [0, 0.1) is 0 Å². The molecule has 23 heavy (non-hydrogen) atoms. The number of carbonyl (C=O) groups is 1. The Balaban J connectivity index is 1.70. The number of anilines is 1. The lowest BCUT2D eigenvalue weighted by Gasteiger charge is -2.33. The van der Waals surface area contributed by atoms with E-state index in [1.807, 2.05) is 25.2 Å². The third-order valence-electron chi connectivity index (χ3n) is 4.14. The van der Waals surface area contributed by atoms with Crippen molar-refractivity contribution in [2.45, 2.75) is 45.9 Å². The SMILES string of the molecule is CC(C)(C)OC(=O)N1Cc2c(N3CCC3)nc3nncn3c2C1. The third kappa shape index (κ3) is 2.38. The molecule has 0 saturated carbocycles. The molecular weight excluding hydrogens is 296 g/mol. The summed E-state index contributed by atoms with van der Waals surface area (Å²) >= 11 is 0. The van der Waals surface area contributed by atoms with Gasteiger partial charge >= 0.3 is 6.09 Å². The van der Waals surface area contributed by atoms with Crippen LogP contribution in [0.3, 0.4) is 0 Å². The Morgan fingerprint density at radius 1 is 1.26 bits per heavy atom. The summed E-state index contributed by atoms with van der Waals surface area (Å²) in [6.45, 7) is 8.61. The van der Waals surface area contributed by atoms with Crippen molar-refractivity contribution in [1.29, 1.82) is 0 Å². The Morgan fingerprint density at radius 3 is 2.70 bits per heavy atom. The number of carbonyl (C=O) groups excluding carboxylic acids is 1. The summed E-state index contributed by atoms with van der Waals surface area (Å²) in [6, 6.07) is 0. The van der Waals surface area contributed by atoms with Crippen LogP contribution in [0.1, 0.15) is 38.4 Å². The van der Waals surface area contributed by atoms with Gasteiger partial charge in [-0.1, -0.05) is 0 Å². The molecule has 8 nitrogen and oxygen atoms in total. The molecule has 2 aromatic rings. The molecule has 0 N–H and O–H groups in total. The minimum absolute atomic E-state index is 0.301. The van der Waals surface area contributed by atoms with Gasteiger partial charge in [0.1, 0.15) is 17.7 Å². The van der Waals surface area contributed by atoms with Crippen LogP contribution in [0.5, 0.6) is 0 Å². The van der Waals surface area contributed by atoms with Crippen LogP contribution >= 0.6 is 0 Å². The van der Waals surface area contributed by atoms with Gasteiger partial charge in [0, 0.05) is 18.7 Å². The normalized spacial score (nSPS) is 17.3. The van der Waals surface area contributed by atoms with Crippen LogP contribution in [0.25, 0.3) is 5.78 Å².